The summed E-state index contributed by atoms with van der Waals surface area (Å²) in [6.07, 6.45) is -62.6. The fourth-order valence-corrected chi connectivity index (χ4v) is 12.1. The number of ether oxygens (including phenoxy) is 13. The van der Waals surface area contributed by atoms with Crippen LogP contribution in [0.2, 0.25) is 0 Å². The van der Waals surface area contributed by atoms with Crippen molar-refractivity contribution in [3.05, 3.63) is 0 Å². The van der Waals surface area contributed by atoms with Gasteiger partial charge in [-0.2, -0.15) is 0 Å². The largest absolute Gasteiger partial charge is 0.477 e. The van der Waals surface area contributed by atoms with E-state index in [2.05, 4.69) is 21.3 Å². The van der Waals surface area contributed by atoms with Crippen LogP contribution in [0.15, 0.2) is 0 Å². The molecule has 548 valence electrons. The van der Waals surface area contributed by atoms with E-state index in [4.69, 9.17) is 61.6 Å². The number of nitrogens with one attached hydrogen (secondary N) is 4. The third-order valence-electron chi connectivity index (χ3n) is 17.1. The summed E-state index contributed by atoms with van der Waals surface area (Å²) in [4.78, 5) is 63.4. The molecule has 0 spiro atoms. The number of aliphatic carboxylic acids is 1. The molecule has 7 heterocycles. The van der Waals surface area contributed by atoms with Crippen LogP contribution in [0.3, 0.4) is 0 Å². The molecule has 7 rings (SSSR count). The Bertz CT molecular complexity index is 2520. The highest BCUT2D eigenvalue weighted by molar-refractivity contribution is 5.77. The van der Waals surface area contributed by atoms with E-state index in [1.807, 2.05) is 0 Å². The predicted molar refractivity (Wildman–Crippen MR) is 294 cm³/mol. The Morgan fingerprint density at radius 2 is 0.905 bits per heavy atom. The van der Waals surface area contributed by atoms with Crippen molar-refractivity contribution in [3.63, 3.8) is 0 Å². The van der Waals surface area contributed by atoms with Gasteiger partial charge in [0.2, 0.25) is 23.6 Å². The second-order valence-corrected chi connectivity index (χ2v) is 24.0. The Kier molecular flexibility index (Phi) is 27.6. The lowest BCUT2D eigenvalue weighted by Gasteiger charge is -2.51. The number of rotatable bonds is 25. The minimum atomic E-state index is -3.21. The normalized spacial score (nSPS) is 46.4. The maximum Gasteiger partial charge on any atom is 0.364 e. The second-order valence-electron chi connectivity index (χ2n) is 24.0. The maximum atomic E-state index is 13.1. The van der Waals surface area contributed by atoms with Crippen LogP contribution in [0.5, 0.6) is 0 Å². The van der Waals surface area contributed by atoms with Gasteiger partial charge in [-0.25, -0.2) is 4.79 Å². The summed E-state index contributed by atoms with van der Waals surface area (Å²) >= 11 is 0. The smallest absolute Gasteiger partial charge is 0.364 e. The monoisotopic (exact) mass is 1390 g/mol. The average Bonchev–Trinajstić information content (AvgIpc) is 0.764. The lowest BCUT2D eigenvalue weighted by Crippen LogP contribution is -2.71. The Hall–Kier alpha value is -3.93. The SMILES string of the molecule is CC(=O)N[C@H]1[C@H](OC[C@H]2OC(O)[C@H](NC(C)=O)[C@@H](O[C@@H]3O[C@H](CO)[C@@H](O[C@@H]4O[C@H](CO)[C@H](O)[C@H](O)[C@H]4O[C@@H]4O[C@@H](C)[C@@H](O)[C@@H](O)[C@@H]4O)[C@H](O)[C@H]3NC(C)=O)[C@H]2O)O[C@H](CO)[C@@H](O[C@@H]2O[C@H](CO)[C@H](O)[C@H](O[C@]3(C(=O)O)C[C@H](O)[C@@H](NC(C)=O)[C@H]([C@H](O)[C@H](O)CO)O3)[C@H]2O)[C@@H]1O. The maximum absolute atomic E-state index is 13.1. The van der Waals surface area contributed by atoms with Crippen LogP contribution < -0.4 is 21.3 Å². The van der Waals surface area contributed by atoms with Gasteiger partial charge in [-0.05, 0) is 6.92 Å². The van der Waals surface area contributed by atoms with Gasteiger partial charge in [0.05, 0.1) is 57.9 Å². The molecular formula is C53H88N4O38. The van der Waals surface area contributed by atoms with Crippen molar-refractivity contribution in [1.82, 2.24) is 21.3 Å². The van der Waals surface area contributed by atoms with E-state index in [-0.39, 0.29) is 0 Å². The van der Waals surface area contributed by atoms with Crippen molar-refractivity contribution in [3.8, 4) is 0 Å². The second kappa shape index (κ2) is 33.5. The van der Waals surface area contributed by atoms with Crippen molar-refractivity contribution in [1.29, 1.82) is 0 Å². The Morgan fingerprint density at radius 3 is 1.44 bits per heavy atom. The molecule has 0 aromatic heterocycles. The third-order valence-corrected chi connectivity index (χ3v) is 17.1. The zero-order valence-corrected chi connectivity index (χ0v) is 51.4. The summed E-state index contributed by atoms with van der Waals surface area (Å²) in [6, 6.07) is -7.12. The number of carbonyl (C=O) groups is 5. The van der Waals surface area contributed by atoms with E-state index in [0.29, 0.717) is 0 Å². The highest BCUT2D eigenvalue weighted by Crippen LogP contribution is 2.40. The van der Waals surface area contributed by atoms with Gasteiger partial charge in [-0.1, -0.05) is 0 Å². The van der Waals surface area contributed by atoms with Crippen molar-refractivity contribution in [2.24, 2.45) is 0 Å². The summed E-state index contributed by atoms with van der Waals surface area (Å²) < 4.78 is 75.6. The van der Waals surface area contributed by atoms with Crippen LogP contribution in [0.1, 0.15) is 41.0 Å². The summed E-state index contributed by atoms with van der Waals surface area (Å²) in [6.45, 7) is -1.19. The van der Waals surface area contributed by atoms with Gasteiger partial charge in [0.25, 0.3) is 5.79 Å². The van der Waals surface area contributed by atoms with E-state index in [0.717, 1.165) is 27.7 Å². The van der Waals surface area contributed by atoms with E-state index < -0.39 is 296 Å². The zero-order valence-electron chi connectivity index (χ0n) is 51.4. The topological polar surface area (TPSA) is 658 Å². The number of carboxylic acids is 1. The van der Waals surface area contributed by atoms with Gasteiger partial charge in [-0.15, -0.1) is 0 Å². The molecule has 0 aliphatic carbocycles. The quantitative estimate of drug-likeness (QED) is 0.0404. The molecule has 7 fully saturated rings. The van der Waals surface area contributed by atoms with Gasteiger partial charge in [-0.3, -0.25) is 19.2 Å². The summed E-state index contributed by atoms with van der Waals surface area (Å²) in [7, 11) is 0. The van der Waals surface area contributed by atoms with Crippen LogP contribution >= 0.6 is 0 Å². The molecule has 0 aromatic carbocycles. The summed E-state index contributed by atoms with van der Waals surface area (Å²) in [5.74, 6) is -8.79. The molecule has 95 heavy (non-hydrogen) atoms. The molecule has 42 heteroatoms. The van der Waals surface area contributed by atoms with Gasteiger partial charge in [0.15, 0.2) is 37.7 Å². The van der Waals surface area contributed by atoms with Crippen LogP contribution in [-0.2, 0) is 85.6 Å². The molecule has 0 radical (unpaired) electrons. The standard InChI is InChI=1S/C53H88N4O38/c1-13-29(69)36(76)38(78)49(84-13)93-45-37(77)31(71)20(8-59)87-51(45)91-41-23(11-62)89-48(27(35(41)75)56-16(4)65)92-42-28(57-17(5)66)46(80)85-24(33(42)73)12-83-47-26(55-15(3)64)34(74)40(22(10-61)88-47)90-50-39(79)44(32(72)21(9-60)86-50)95-53(52(81)82)6-18(67)25(54-14(2)63)43(94-53)30(70)19(68)7-58/h13,18-51,58-62,67-80H,6-12H2,1-5H3,(H,54,63)(H,55,64)(H,56,65)(H,57,66)(H,81,82)/t13-,18-,19+,20+,21+,22+,23+,24+,25+,26+,27+,28+,29+,30+,31-,32-,33-,34+,35+,36+,37-,38-,39+,40+,41+,42+,43+,44-,45+,46?,47+,48-,49-,50-,51-,53-/m0/s1. The fraction of sp³-hybridized carbons (Fsp3) is 0.906. The highest BCUT2D eigenvalue weighted by Gasteiger charge is 2.62. The number of hydrogen-bond donors (Lipinski definition) is 24. The average molecular weight is 1390 g/mol. The molecule has 7 aliphatic heterocycles. The Morgan fingerprint density at radius 1 is 0.453 bits per heavy atom. The molecule has 4 amide bonds. The van der Waals surface area contributed by atoms with Crippen LogP contribution in [0, 0.1) is 0 Å². The number of hydrogen-bond acceptors (Lipinski definition) is 37. The Balaban J connectivity index is 1.10. The molecular weight excluding hydrogens is 1300 g/mol. The van der Waals surface area contributed by atoms with Crippen molar-refractivity contribution < 1.29 is 188 Å². The van der Waals surface area contributed by atoms with Gasteiger partial charge >= 0.3 is 5.97 Å². The number of aliphatic hydroxyl groups excluding tert-OH is 19. The Labute approximate surface area is 538 Å². The predicted octanol–water partition coefficient (Wildman–Crippen LogP) is -15.5. The summed E-state index contributed by atoms with van der Waals surface area (Å²) in [5, 5.41) is 228. The van der Waals surface area contributed by atoms with Crippen LogP contribution in [0.25, 0.3) is 0 Å². The first kappa shape index (κ1) is 78.4. The molecule has 0 saturated carbocycles. The minimum absolute atomic E-state index is 0.835. The molecule has 24 N–H and O–H groups in total. The van der Waals surface area contributed by atoms with Crippen molar-refractivity contribution >= 4 is 29.6 Å². The zero-order chi connectivity index (χ0) is 70.6. The number of carbonyl (C=O) groups excluding carboxylic acids is 4. The molecule has 36 atom stereocenters. The first-order valence-electron chi connectivity index (χ1n) is 30.1. The van der Waals surface area contributed by atoms with Crippen LogP contribution in [-0.4, -0.2) is 392 Å². The molecule has 0 aromatic rings. The molecule has 42 nitrogen and oxygen atoms in total. The van der Waals surface area contributed by atoms with Crippen LogP contribution in [0.4, 0.5) is 0 Å². The molecule has 0 bridgehead atoms. The minimum Gasteiger partial charge on any atom is -0.477 e. The molecule has 7 saturated heterocycles. The van der Waals surface area contributed by atoms with Crippen molar-refractivity contribution in [2.75, 3.05) is 39.6 Å². The van der Waals surface area contributed by atoms with Gasteiger partial charge in [0, 0.05) is 34.1 Å². The molecule has 7 aliphatic rings. The molecule has 1 unspecified atom stereocenters. The fourth-order valence-electron chi connectivity index (χ4n) is 12.1. The number of carboxylic acid groups (broad SMARTS) is 1. The first-order chi connectivity index (χ1) is 44.7. The lowest BCUT2D eigenvalue weighted by atomic mass is 9.88. The third kappa shape index (κ3) is 17.5. The lowest BCUT2D eigenvalue weighted by molar-refractivity contribution is -0.386. The van der Waals surface area contributed by atoms with E-state index in [1.165, 1.54) is 6.92 Å². The first-order valence-corrected chi connectivity index (χ1v) is 30.1. The van der Waals surface area contributed by atoms with Gasteiger partial charge in [0.1, 0.15) is 159 Å². The van der Waals surface area contributed by atoms with E-state index in [1.54, 1.807) is 0 Å². The number of aliphatic hydroxyl groups is 19. The highest BCUT2D eigenvalue weighted by atomic mass is 16.8. The van der Waals surface area contributed by atoms with Crippen molar-refractivity contribution in [2.45, 2.75) is 261 Å². The van der Waals surface area contributed by atoms with E-state index >= 15 is 0 Å². The number of amides is 4. The van der Waals surface area contributed by atoms with E-state index in [9.17, 15) is 126 Å². The summed E-state index contributed by atoms with van der Waals surface area (Å²) in [5.41, 5.74) is 0. The van der Waals surface area contributed by atoms with Gasteiger partial charge < -0.3 is 185 Å².